The van der Waals surface area contributed by atoms with Crippen LogP contribution in [0.15, 0.2) is 18.2 Å². The first kappa shape index (κ1) is 15.5. The van der Waals surface area contributed by atoms with Gasteiger partial charge in [0, 0.05) is 5.02 Å². The molecule has 1 aromatic rings. The van der Waals surface area contributed by atoms with Gasteiger partial charge in [-0.3, -0.25) is 0 Å². The van der Waals surface area contributed by atoms with Gasteiger partial charge in [-0.2, -0.15) is 13.2 Å². The zero-order chi connectivity index (χ0) is 11.6. The monoisotopic (exact) mass is 277 g/mol. The van der Waals surface area contributed by atoms with Gasteiger partial charge in [-0.15, -0.1) is 12.4 Å². The average Bonchev–Trinajstić information content (AvgIpc) is 2.15. The highest BCUT2D eigenvalue weighted by molar-refractivity contribution is 6.31. The molecule has 0 amide bonds. The van der Waals surface area contributed by atoms with Gasteiger partial charge in [0.1, 0.15) is 6.67 Å². The zero-order valence-corrected chi connectivity index (χ0v) is 9.46. The number of benzene rings is 1. The first-order valence-electron chi connectivity index (χ1n) is 4.04. The van der Waals surface area contributed by atoms with Crippen LogP contribution in [-0.2, 0) is 6.18 Å². The van der Waals surface area contributed by atoms with E-state index < -0.39 is 24.5 Å². The maximum atomic E-state index is 12.3. The molecule has 0 fully saturated rings. The molecule has 92 valence electrons. The van der Waals surface area contributed by atoms with E-state index in [0.29, 0.717) is 0 Å². The summed E-state index contributed by atoms with van der Waals surface area (Å²) < 4.78 is 49.1. The molecule has 0 spiro atoms. The first-order valence-corrected chi connectivity index (χ1v) is 4.42. The molecular weight excluding hydrogens is 269 g/mol. The number of nitrogens with two attached hydrogens (primary N) is 1. The molecule has 0 radical (unpaired) electrons. The molecular formula is C9H9Cl2F4N. The van der Waals surface area contributed by atoms with E-state index in [1.54, 1.807) is 0 Å². The molecule has 0 heterocycles. The summed E-state index contributed by atoms with van der Waals surface area (Å²) in [5.41, 5.74) is 4.36. The van der Waals surface area contributed by atoms with Crippen molar-refractivity contribution in [3.63, 3.8) is 0 Å². The number of hydrogen-bond donors (Lipinski definition) is 1. The molecule has 0 aliphatic carbocycles. The molecule has 1 aromatic carbocycles. The second kappa shape index (κ2) is 5.70. The van der Waals surface area contributed by atoms with E-state index in [1.807, 2.05) is 0 Å². The molecule has 0 saturated heterocycles. The van der Waals surface area contributed by atoms with Crippen molar-refractivity contribution in [1.82, 2.24) is 0 Å². The van der Waals surface area contributed by atoms with Crippen LogP contribution in [0.25, 0.3) is 0 Å². The van der Waals surface area contributed by atoms with Crippen molar-refractivity contribution in [2.24, 2.45) is 5.73 Å². The highest BCUT2D eigenvalue weighted by Gasteiger charge is 2.31. The summed E-state index contributed by atoms with van der Waals surface area (Å²) in [5.74, 6) is 0. The lowest BCUT2D eigenvalue weighted by molar-refractivity contribution is -0.137. The Morgan fingerprint density at radius 1 is 1.31 bits per heavy atom. The van der Waals surface area contributed by atoms with E-state index in [4.69, 9.17) is 17.3 Å². The van der Waals surface area contributed by atoms with Crippen LogP contribution in [0.2, 0.25) is 5.02 Å². The van der Waals surface area contributed by atoms with Crippen LogP contribution in [0.3, 0.4) is 0 Å². The van der Waals surface area contributed by atoms with Crippen LogP contribution in [0, 0.1) is 0 Å². The third kappa shape index (κ3) is 3.50. The zero-order valence-electron chi connectivity index (χ0n) is 7.89. The Morgan fingerprint density at radius 2 is 1.88 bits per heavy atom. The van der Waals surface area contributed by atoms with Crippen LogP contribution >= 0.6 is 24.0 Å². The fourth-order valence-corrected chi connectivity index (χ4v) is 1.35. The summed E-state index contributed by atoms with van der Waals surface area (Å²) in [6.45, 7) is -0.957. The molecule has 7 heteroatoms. The Labute approximate surface area is 101 Å². The van der Waals surface area contributed by atoms with Gasteiger partial charge in [0.2, 0.25) is 0 Å². The molecule has 0 unspecified atom stereocenters. The topological polar surface area (TPSA) is 26.0 Å². The molecule has 0 aliphatic rings. The lowest BCUT2D eigenvalue weighted by atomic mass is 10.1. The average molecular weight is 278 g/mol. The van der Waals surface area contributed by atoms with Crippen molar-refractivity contribution < 1.29 is 17.6 Å². The van der Waals surface area contributed by atoms with Gasteiger partial charge >= 0.3 is 6.18 Å². The fourth-order valence-electron chi connectivity index (χ4n) is 1.09. The summed E-state index contributed by atoms with van der Waals surface area (Å²) in [6.07, 6.45) is -4.48. The normalized spacial score (nSPS) is 13.1. The minimum Gasteiger partial charge on any atom is -0.322 e. The van der Waals surface area contributed by atoms with E-state index in [0.717, 1.165) is 18.2 Å². The molecule has 1 rings (SSSR count). The van der Waals surface area contributed by atoms with Crippen molar-refractivity contribution in [3.05, 3.63) is 34.3 Å². The SMILES string of the molecule is Cl.N[C@H](CF)c1cc(C(F)(F)F)ccc1Cl. The third-order valence-electron chi connectivity index (χ3n) is 1.89. The van der Waals surface area contributed by atoms with Gasteiger partial charge in [-0.05, 0) is 23.8 Å². The molecule has 1 atom stereocenters. The van der Waals surface area contributed by atoms with Gasteiger partial charge in [-0.1, -0.05) is 11.6 Å². The molecule has 16 heavy (non-hydrogen) atoms. The van der Waals surface area contributed by atoms with E-state index in [-0.39, 0.29) is 23.0 Å². The van der Waals surface area contributed by atoms with Crippen LogP contribution in [0.4, 0.5) is 17.6 Å². The van der Waals surface area contributed by atoms with Gasteiger partial charge in [0.25, 0.3) is 0 Å². The summed E-state index contributed by atoms with van der Waals surface area (Å²) in [7, 11) is 0. The van der Waals surface area contributed by atoms with Gasteiger partial charge in [0.15, 0.2) is 0 Å². The van der Waals surface area contributed by atoms with Crippen LogP contribution in [0.5, 0.6) is 0 Å². The minimum atomic E-state index is -4.48. The maximum absolute atomic E-state index is 12.3. The van der Waals surface area contributed by atoms with E-state index in [1.165, 1.54) is 0 Å². The van der Waals surface area contributed by atoms with Crippen LogP contribution in [-0.4, -0.2) is 6.67 Å². The fraction of sp³-hybridized carbons (Fsp3) is 0.333. The third-order valence-corrected chi connectivity index (χ3v) is 2.23. The number of alkyl halides is 4. The van der Waals surface area contributed by atoms with E-state index >= 15 is 0 Å². The second-order valence-corrected chi connectivity index (χ2v) is 3.40. The molecule has 2 N–H and O–H groups in total. The first-order chi connectivity index (χ1) is 6.86. The Kier molecular flexibility index (Phi) is 5.52. The van der Waals surface area contributed by atoms with Crippen molar-refractivity contribution in [2.75, 3.05) is 6.67 Å². The smallest absolute Gasteiger partial charge is 0.322 e. The predicted molar refractivity (Wildman–Crippen MR) is 56.6 cm³/mol. The Bertz CT molecular complexity index is 354. The summed E-state index contributed by atoms with van der Waals surface area (Å²) >= 11 is 5.61. The number of rotatable bonds is 2. The summed E-state index contributed by atoms with van der Waals surface area (Å²) in [6, 6.07) is 1.54. The highest BCUT2D eigenvalue weighted by Crippen LogP contribution is 2.33. The quantitative estimate of drug-likeness (QED) is 0.819. The van der Waals surface area contributed by atoms with Crippen LogP contribution in [0.1, 0.15) is 17.2 Å². The second-order valence-electron chi connectivity index (χ2n) is 2.99. The lowest BCUT2D eigenvalue weighted by Crippen LogP contribution is -2.14. The van der Waals surface area contributed by atoms with Crippen LogP contribution < -0.4 is 5.73 Å². The molecule has 1 nitrogen and oxygen atoms in total. The van der Waals surface area contributed by atoms with Crippen molar-refractivity contribution in [3.8, 4) is 0 Å². The standard InChI is InChI=1S/C9H8ClF4N.ClH/c10-7-2-1-5(9(12,13)14)3-6(7)8(15)4-11;/h1-3,8H,4,15H2;1H/t8-;/m1./s1. The Balaban J connectivity index is 0.00000225. The predicted octanol–water partition coefficient (Wildman–Crippen LogP) is 3.75. The lowest BCUT2D eigenvalue weighted by Gasteiger charge is -2.13. The van der Waals surface area contributed by atoms with Crippen molar-refractivity contribution in [2.45, 2.75) is 12.2 Å². The van der Waals surface area contributed by atoms with E-state index in [9.17, 15) is 17.6 Å². The Hall–Kier alpha value is -0.520. The van der Waals surface area contributed by atoms with Gasteiger partial charge in [0.05, 0.1) is 11.6 Å². The molecule has 0 aromatic heterocycles. The summed E-state index contributed by atoms with van der Waals surface area (Å²) in [5, 5.41) is 0.0353. The largest absolute Gasteiger partial charge is 0.416 e. The molecule has 0 saturated carbocycles. The van der Waals surface area contributed by atoms with E-state index in [2.05, 4.69) is 0 Å². The van der Waals surface area contributed by atoms with Crippen molar-refractivity contribution in [1.29, 1.82) is 0 Å². The molecule has 0 bridgehead atoms. The minimum absolute atomic E-state index is 0. The number of halogens is 6. The number of hydrogen-bond acceptors (Lipinski definition) is 1. The highest BCUT2D eigenvalue weighted by atomic mass is 35.5. The maximum Gasteiger partial charge on any atom is 0.416 e. The Morgan fingerprint density at radius 3 is 2.31 bits per heavy atom. The van der Waals surface area contributed by atoms with Crippen molar-refractivity contribution >= 4 is 24.0 Å². The van der Waals surface area contributed by atoms with Gasteiger partial charge < -0.3 is 5.73 Å². The van der Waals surface area contributed by atoms with Gasteiger partial charge in [-0.25, -0.2) is 4.39 Å². The molecule has 0 aliphatic heterocycles. The summed E-state index contributed by atoms with van der Waals surface area (Å²) in [4.78, 5) is 0.